The highest BCUT2D eigenvalue weighted by molar-refractivity contribution is 6.33. The Morgan fingerprint density at radius 2 is 1.83 bits per heavy atom. The highest BCUT2D eigenvalue weighted by Crippen LogP contribution is 2.33. The number of nitrogens with one attached hydrogen (secondary N) is 2. The van der Waals surface area contributed by atoms with Crippen LogP contribution in [0.15, 0.2) is 79.3 Å². The van der Waals surface area contributed by atoms with E-state index in [0.29, 0.717) is 22.5 Å². The van der Waals surface area contributed by atoms with Gasteiger partial charge in [-0.3, -0.25) is 14.8 Å². The number of hydrogen-bond acceptors (Lipinski definition) is 6. The predicted octanol–water partition coefficient (Wildman–Crippen LogP) is 6.55. The zero-order valence-electron chi connectivity index (χ0n) is 19.7. The molecule has 0 spiro atoms. The number of nitrogens with zero attached hydrogens (tertiary/aromatic N) is 4. The fraction of sp³-hybridized carbons (Fsp3) is 0.111. The number of ether oxygens (including phenoxy) is 1. The van der Waals surface area contributed by atoms with Crippen molar-refractivity contribution < 1.29 is 12.4 Å². The first-order chi connectivity index (χ1) is 17.6. The minimum absolute atomic E-state index is 0. The number of fused-ring (bicyclic) bond motifs is 1. The Hall–Kier alpha value is -4.43. The molecule has 5 rings (SSSR count). The van der Waals surface area contributed by atoms with E-state index in [1.807, 2.05) is 48.5 Å². The molecular weight excluding hydrogens is 476 g/mol. The molecule has 5 aromatic rings. The lowest BCUT2D eigenvalue weighted by Gasteiger charge is -2.11. The molecule has 0 aliphatic carbocycles. The SMILES string of the molecule is CCn1c(Nc2ccc(Cl)c(-c3ccncc3)c2)nc2cc(Oc3ccnc(C(=O)NC)c3)ccc21.[HH].[HH]. The highest BCUT2D eigenvalue weighted by Gasteiger charge is 2.13. The number of halogens is 1. The van der Waals surface area contributed by atoms with Crippen LogP contribution in [0.3, 0.4) is 0 Å². The van der Waals surface area contributed by atoms with Gasteiger partial charge in [0.25, 0.3) is 5.91 Å². The second-order valence-corrected chi connectivity index (χ2v) is 8.35. The van der Waals surface area contributed by atoms with Gasteiger partial charge >= 0.3 is 0 Å². The van der Waals surface area contributed by atoms with Crippen LogP contribution < -0.4 is 15.4 Å². The summed E-state index contributed by atoms with van der Waals surface area (Å²) in [4.78, 5) is 24.8. The molecule has 0 unspecified atom stereocenters. The van der Waals surface area contributed by atoms with Crippen molar-refractivity contribution in [2.45, 2.75) is 13.5 Å². The first-order valence-electron chi connectivity index (χ1n) is 11.4. The summed E-state index contributed by atoms with van der Waals surface area (Å²) in [6, 6.07) is 18.7. The van der Waals surface area contributed by atoms with Crippen LogP contribution in [0.4, 0.5) is 11.6 Å². The number of rotatable bonds is 7. The summed E-state index contributed by atoms with van der Waals surface area (Å²) < 4.78 is 8.08. The number of anilines is 2. The van der Waals surface area contributed by atoms with Crippen molar-refractivity contribution >= 4 is 40.2 Å². The number of imidazole rings is 1. The summed E-state index contributed by atoms with van der Waals surface area (Å²) >= 11 is 6.47. The number of hydrogen-bond donors (Lipinski definition) is 2. The summed E-state index contributed by atoms with van der Waals surface area (Å²) in [5, 5.41) is 6.65. The average molecular weight is 503 g/mol. The number of pyridine rings is 2. The van der Waals surface area contributed by atoms with Gasteiger partial charge in [0.15, 0.2) is 0 Å². The van der Waals surface area contributed by atoms with E-state index in [1.54, 1.807) is 37.8 Å². The molecule has 36 heavy (non-hydrogen) atoms. The van der Waals surface area contributed by atoms with Crippen LogP contribution in [-0.4, -0.2) is 32.5 Å². The van der Waals surface area contributed by atoms with Crippen molar-refractivity contribution in [3.05, 3.63) is 90.0 Å². The third-order valence-corrected chi connectivity index (χ3v) is 6.01. The molecule has 3 aromatic heterocycles. The molecule has 0 saturated heterocycles. The van der Waals surface area contributed by atoms with Gasteiger partial charge in [0.05, 0.1) is 11.0 Å². The summed E-state index contributed by atoms with van der Waals surface area (Å²) in [6.45, 7) is 2.79. The molecule has 0 bridgehead atoms. The second-order valence-electron chi connectivity index (χ2n) is 7.94. The topological polar surface area (TPSA) is 94.0 Å². The molecule has 2 aromatic carbocycles. The molecule has 0 aliphatic heterocycles. The maximum absolute atomic E-state index is 11.9. The molecule has 8 nitrogen and oxygen atoms in total. The molecule has 2 N–H and O–H groups in total. The van der Waals surface area contributed by atoms with E-state index in [0.717, 1.165) is 34.4 Å². The van der Waals surface area contributed by atoms with Gasteiger partial charge in [-0.15, -0.1) is 0 Å². The van der Waals surface area contributed by atoms with Gasteiger partial charge in [-0.05, 0) is 61.0 Å². The molecule has 1 amide bonds. The van der Waals surface area contributed by atoms with Gasteiger partial charge in [0, 0.05) is 63.4 Å². The van der Waals surface area contributed by atoms with Gasteiger partial charge in [0.1, 0.15) is 17.2 Å². The quantitative estimate of drug-likeness (QED) is 0.262. The third kappa shape index (κ3) is 4.71. The molecule has 0 radical (unpaired) electrons. The van der Waals surface area contributed by atoms with E-state index in [9.17, 15) is 4.79 Å². The van der Waals surface area contributed by atoms with Crippen LogP contribution in [0.2, 0.25) is 5.02 Å². The Balaban J connectivity index is 0.00000200. The van der Waals surface area contributed by atoms with Gasteiger partial charge in [-0.1, -0.05) is 11.6 Å². The van der Waals surface area contributed by atoms with Crippen LogP contribution in [-0.2, 0) is 6.54 Å². The van der Waals surface area contributed by atoms with Crippen LogP contribution >= 0.6 is 11.6 Å². The maximum Gasteiger partial charge on any atom is 0.269 e. The summed E-state index contributed by atoms with van der Waals surface area (Å²) in [6.07, 6.45) is 5.03. The van der Waals surface area contributed by atoms with Gasteiger partial charge in [0.2, 0.25) is 5.95 Å². The van der Waals surface area contributed by atoms with E-state index >= 15 is 0 Å². The normalized spacial score (nSPS) is 10.9. The van der Waals surface area contributed by atoms with Gasteiger partial charge in [-0.2, -0.15) is 0 Å². The number of carbonyl (C=O) groups excluding carboxylic acids is 1. The number of carbonyl (C=O) groups is 1. The summed E-state index contributed by atoms with van der Waals surface area (Å²) in [7, 11) is 1.56. The molecule has 9 heteroatoms. The van der Waals surface area contributed by atoms with Crippen molar-refractivity contribution in [3.63, 3.8) is 0 Å². The average Bonchev–Trinajstić information content (AvgIpc) is 3.26. The molecule has 0 saturated carbocycles. The third-order valence-electron chi connectivity index (χ3n) is 5.68. The zero-order valence-corrected chi connectivity index (χ0v) is 20.5. The number of aromatic nitrogens is 4. The Morgan fingerprint density at radius 3 is 2.61 bits per heavy atom. The van der Waals surface area contributed by atoms with Crippen molar-refractivity contribution in [3.8, 4) is 22.6 Å². The lowest BCUT2D eigenvalue weighted by molar-refractivity contribution is 0.0958. The lowest BCUT2D eigenvalue weighted by Crippen LogP contribution is -2.18. The van der Waals surface area contributed by atoms with E-state index in [1.165, 1.54) is 0 Å². The number of aryl methyl sites for hydroxylation is 1. The van der Waals surface area contributed by atoms with Crippen LogP contribution in [0.25, 0.3) is 22.2 Å². The standard InChI is InChI=1S/C27H23ClN6O2.2H2/c1-3-34-25-7-5-19(36-20-10-13-31-24(16-20)26(35)29-2)15-23(25)33-27(34)32-18-4-6-22(28)21(14-18)17-8-11-30-12-9-17;;/h4-16H,3H2,1-2H3,(H,29,35)(H,32,33);2*1H. The minimum Gasteiger partial charge on any atom is -0.457 e. The summed E-state index contributed by atoms with van der Waals surface area (Å²) in [5.74, 6) is 1.55. The van der Waals surface area contributed by atoms with Gasteiger partial charge in [-0.25, -0.2) is 4.98 Å². The molecular formula is C27H27ClN6O2. The lowest BCUT2D eigenvalue weighted by atomic mass is 10.1. The Bertz CT molecular complexity index is 1560. The molecule has 184 valence electrons. The van der Waals surface area contributed by atoms with Crippen LogP contribution in [0, 0.1) is 0 Å². The van der Waals surface area contributed by atoms with Crippen molar-refractivity contribution in [1.82, 2.24) is 24.8 Å². The molecule has 0 fully saturated rings. The van der Waals surface area contributed by atoms with Crippen molar-refractivity contribution in [2.75, 3.05) is 12.4 Å². The van der Waals surface area contributed by atoms with E-state index in [4.69, 9.17) is 21.3 Å². The van der Waals surface area contributed by atoms with Crippen LogP contribution in [0.5, 0.6) is 11.5 Å². The minimum atomic E-state index is -0.275. The predicted molar refractivity (Wildman–Crippen MR) is 145 cm³/mol. The van der Waals surface area contributed by atoms with Crippen molar-refractivity contribution in [2.24, 2.45) is 0 Å². The fourth-order valence-corrected chi connectivity index (χ4v) is 4.16. The maximum atomic E-state index is 11.9. The second kappa shape index (κ2) is 10.1. The highest BCUT2D eigenvalue weighted by atomic mass is 35.5. The smallest absolute Gasteiger partial charge is 0.269 e. The molecule has 0 atom stereocenters. The Kier molecular flexibility index (Phi) is 6.51. The number of amides is 1. The van der Waals surface area contributed by atoms with Gasteiger partial charge < -0.3 is 19.9 Å². The Morgan fingerprint density at radius 1 is 1.03 bits per heavy atom. The van der Waals surface area contributed by atoms with Crippen LogP contribution in [0.1, 0.15) is 20.3 Å². The van der Waals surface area contributed by atoms with E-state index in [-0.39, 0.29) is 14.5 Å². The van der Waals surface area contributed by atoms with Crippen molar-refractivity contribution in [1.29, 1.82) is 0 Å². The first-order valence-corrected chi connectivity index (χ1v) is 11.8. The zero-order chi connectivity index (χ0) is 25.1. The first kappa shape index (κ1) is 23.3. The summed E-state index contributed by atoms with van der Waals surface area (Å²) in [5.41, 5.74) is 4.79. The van der Waals surface area contributed by atoms with E-state index in [2.05, 4.69) is 32.1 Å². The molecule has 0 aliphatic rings. The monoisotopic (exact) mass is 502 g/mol. The fourth-order valence-electron chi connectivity index (χ4n) is 3.94. The number of benzene rings is 2. The van der Waals surface area contributed by atoms with E-state index < -0.39 is 0 Å². The molecule has 3 heterocycles. The largest absolute Gasteiger partial charge is 0.457 e. The Labute approximate surface area is 215 Å².